The van der Waals surface area contributed by atoms with Crippen LogP contribution in [0.3, 0.4) is 0 Å². The summed E-state index contributed by atoms with van der Waals surface area (Å²) in [5, 5.41) is 1.25. The minimum absolute atomic E-state index is 0.284. The van der Waals surface area contributed by atoms with Gasteiger partial charge in [-0.1, -0.05) is 44.6 Å². The van der Waals surface area contributed by atoms with Gasteiger partial charge in [-0.15, -0.1) is 0 Å². The number of hydrogen-bond donors (Lipinski definition) is 1. The number of unbranched alkanes of at least 4 members (excludes halogenated alkanes) is 1. The number of halogens is 1. The largest absolute Gasteiger partial charge is 0.463 e. The molecule has 0 aliphatic rings. The van der Waals surface area contributed by atoms with Crippen molar-refractivity contribution in [2.45, 2.75) is 52.2 Å². The lowest BCUT2D eigenvalue weighted by atomic mass is 10.4. The maximum atomic E-state index is 6.32. The predicted molar refractivity (Wildman–Crippen MR) is 101 cm³/mol. The minimum Gasteiger partial charge on any atom is -0.463 e. The Morgan fingerprint density at radius 3 is 2.67 bits per heavy atom. The van der Waals surface area contributed by atoms with E-state index in [4.69, 9.17) is 26.8 Å². The van der Waals surface area contributed by atoms with Gasteiger partial charge in [-0.2, -0.15) is 9.97 Å². The van der Waals surface area contributed by atoms with E-state index in [9.17, 15) is 0 Å². The van der Waals surface area contributed by atoms with E-state index in [2.05, 4.69) is 36.5 Å². The number of nitrogens with two attached hydrogens (primary N) is 1. The van der Waals surface area contributed by atoms with Crippen molar-refractivity contribution in [1.82, 2.24) is 14.5 Å². The Bertz CT molecular complexity index is 685. The Hall–Kier alpha value is -1.31. The Morgan fingerprint density at radius 1 is 1.25 bits per heavy atom. The molecule has 8 heteroatoms. The van der Waals surface area contributed by atoms with Gasteiger partial charge in [0.1, 0.15) is 17.7 Å². The SMILES string of the molecule is CCCCOc1nc(N)c2cc(Cl)n(COCC[Si](C)(C)C)c2n1. The number of anilines is 1. The summed E-state index contributed by atoms with van der Waals surface area (Å²) in [6, 6.07) is 3.16. The van der Waals surface area contributed by atoms with Crippen molar-refractivity contribution in [1.29, 1.82) is 0 Å². The van der Waals surface area contributed by atoms with E-state index in [1.807, 2.05) is 0 Å². The first-order chi connectivity index (χ1) is 11.3. The Labute approximate surface area is 149 Å². The van der Waals surface area contributed by atoms with Crippen LogP contribution in [0.5, 0.6) is 6.01 Å². The molecular formula is C16H27ClN4O2Si. The van der Waals surface area contributed by atoms with Crippen LogP contribution >= 0.6 is 11.6 Å². The molecule has 0 bridgehead atoms. The molecule has 0 fully saturated rings. The van der Waals surface area contributed by atoms with E-state index in [0.717, 1.165) is 24.3 Å². The summed E-state index contributed by atoms with van der Waals surface area (Å²) in [5.74, 6) is 0.370. The van der Waals surface area contributed by atoms with Gasteiger partial charge in [0.25, 0.3) is 0 Å². The fourth-order valence-corrected chi connectivity index (χ4v) is 3.12. The molecule has 2 aromatic heterocycles. The highest BCUT2D eigenvalue weighted by Gasteiger charge is 2.16. The molecule has 0 saturated heterocycles. The van der Waals surface area contributed by atoms with E-state index < -0.39 is 8.07 Å². The van der Waals surface area contributed by atoms with Gasteiger partial charge >= 0.3 is 6.01 Å². The second kappa shape index (κ2) is 8.18. The van der Waals surface area contributed by atoms with Gasteiger partial charge in [0.2, 0.25) is 0 Å². The van der Waals surface area contributed by atoms with Crippen LogP contribution in [0, 0.1) is 0 Å². The summed E-state index contributed by atoms with van der Waals surface area (Å²) in [6.45, 7) is 10.7. The monoisotopic (exact) mass is 370 g/mol. The first kappa shape index (κ1) is 19.0. The summed E-state index contributed by atoms with van der Waals surface area (Å²) in [5.41, 5.74) is 6.66. The summed E-state index contributed by atoms with van der Waals surface area (Å²) in [7, 11) is -1.12. The van der Waals surface area contributed by atoms with E-state index in [0.29, 0.717) is 36.6 Å². The Balaban J connectivity index is 2.14. The number of fused-ring (bicyclic) bond motifs is 1. The number of aromatic nitrogens is 3. The van der Waals surface area contributed by atoms with Crippen molar-refractivity contribution in [2.24, 2.45) is 0 Å². The van der Waals surface area contributed by atoms with Crippen molar-refractivity contribution in [2.75, 3.05) is 18.9 Å². The maximum Gasteiger partial charge on any atom is 0.320 e. The molecule has 0 aromatic carbocycles. The second-order valence-electron chi connectivity index (χ2n) is 7.07. The number of nitrogen functional groups attached to an aromatic ring is 1. The van der Waals surface area contributed by atoms with Crippen LogP contribution in [0.1, 0.15) is 19.8 Å². The van der Waals surface area contributed by atoms with Gasteiger partial charge in [0, 0.05) is 14.7 Å². The number of rotatable bonds is 9. The molecule has 0 amide bonds. The summed E-state index contributed by atoms with van der Waals surface area (Å²) < 4.78 is 13.2. The molecule has 0 spiro atoms. The van der Waals surface area contributed by atoms with Crippen molar-refractivity contribution >= 4 is 36.5 Å². The van der Waals surface area contributed by atoms with Crippen LogP contribution in [-0.2, 0) is 11.5 Å². The minimum atomic E-state index is -1.12. The van der Waals surface area contributed by atoms with Crippen LogP contribution in [0.2, 0.25) is 30.8 Å². The zero-order chi connectivity index (χ0) is 17.7. The lowest BCUT2D eigenvalue weighted by Crippen LogP contribution is -2.22. The molecule has 0 radical (unpaired) electrons. The molecule has 0 saturated carbocycles. The van der Waals surface area contributed by atoms with E-state index in [-0.39, 0.29) is 6.01 Å². The third-order valence-electron chi connectivity index (χ3n) is 3.66. The summed E-state index contributed by atoms with van der Waals surface area (Å²) in [6.07, 6.45) is 1.99. The molecule has 24 heavy (non-hydrogen) atoms. The zero-order valence-electron chi connectivity index (χ0n) is 14.9. The highest BCUT2D eigenvalue weighted by Crippen LogP contribution is 2.27. The molecule has 6 nitrogen and oxygen atoms in total. The van der Waals surface area contributed by atoms with Gasteiger partial charge in [-0.05, 0) is 18.5 Å². The van der Waals surface area contributed by atoms with E-state index in [1.165, 1.54) is 0 Å². The third kappa shape index (κ3) is 5.09. The highest BCUT2D eigenvalue weighted by atomic mass is 35.5. The quantitative estimate of drug-likeness (QED) is 0.529. The predicted octanol–water partition coefficient (Wildman–Crippen LogP) is 4.16. The van der Waals surface area contributed by atoms with Crippen molar-refractivity contribution in [3.63, 3.8) is 0 Å². The first-order valence-electron chi connectivity index (χ1n) is 8.34. The molecule has 0 atom stereocenters. The van der Waals surface area contributed by atoms with Crippen LogP contribution < -0.4 is 10.5 Å². The molecule has 2 heterocycles. The highest BCUT2D eigenvalue weighted by molar-refractivity contribution is 6.76. The van der Waals surface area contributed by atoms with Gasteiger partial charge < -0.3 is 15.2 Å². The van der Waals surface area contributed by atoms with Gasteiger partial charge in [0.15, 0.2) is 5.65 Å². The second-order valence-corrected chi connectivity index (χ2v) is 13.1. The average Bonchev–Trinajstić information content (AvgIpc) is 2.80. The molecule has 0 unspecified atom stereocenters. The topological polar surface area (TPSA) is 75.2 Å². The molecular weight excluding hydrogens is 344 g/mol. The van der Waals surface area contributed by atoms with Crippen LogP contribution in [0.25, 0.3) is 11.0 Å². The van der Waals surface area contributed by atoms with E-state index in [1.54, 1.807) is 10.6 Å². The first-order valence-corrected chi connectivity index (χ1v) is 12.4. The average molecular weight is 371 g/mol. The Morgan fingerprint density at radius 2 is 2.00 bits per heavy atom. The van der Waals surface area contributed by atoms with Crippen molar-refractivity contribution in [3.8, 4) is 6.01 Å². The van der Waals surface area contributed by atoms with Crippen LogP contribution in [0.15, 0.2) is 6.07 Å². The van der Waals surface area contributed by atoms with Crippen LogP contribution in [-0.4, -0.2) is 35.8 Å². The van der Waals surface area contributed by atoms with Crippen LogP contribution in [0.4, 0.5) is 5.82 Å². The van der Waals surface area contributed by atoms with Gasteiger partial charge in [0.05, 0.1) is 12.0 Å². The number of nitrogens with zero attached hydrogens (tertiary/aromatic N) is 3. The summed E-state index contributed by atoms with van der Waals surface area (Å²) in [4.78, 5) is 8.64. The maximum absolute atomic E-state index is 6.32. The molecule has 2 rings (SSSR count). The molecule has 2 N–H and O–H groups in total. The van der Waals surface area contributed by atoms with E-state index >= 15 is 0 Å². The van der Waals surface area contributed by atoms with Crippen molar-refractivity contribution < 1.29 is 9.47 Å². The fourth-order valence-electron chi connectivity index (χ4n) is 2.13. The van der Waals surface area contributed by atoms with Gasteiger partial charge in [-0.25, -0.2) is 0 Å². The molecule has 0 aliphatic carbocycles. The fraction of sp³-hybridized carbons (Fsp3) is 0.625. The standard InChI is InChI=1S/C16H27ClN4O2Si/c1-5-6-7-23-16-19-14(18)12-10-13(17)21(15(12)20-16)11-22-8-9-24(2,3)4/h10H,5-9,11H2,1-4H3,(H2,18,19,20). The third-order valence-corrected chi connectivity index (χ3v) is 5.67. The molecule has 134 valence electrons. The lowest BCUT2D eigenvalue weighted by molar-refractivity contribution is 0.0900. The van der Waals surface area contributed by atoms with Crippen molar-refractivity contribution in [3.05, 3.63) is 11.2 Å². The zero-order valence-corrected chi connectivity index (χ0v) is 16.7. The number of ether oxygens (including phenoxy) is 2. The molecule has 2 aromatic rings. The van der Waals surface area contributed by atoms with Gasteiger partial charge in [-0.3, -0.25) is 4.57 Å². The summed E-state index contributed by atoms with van der Waals surface area (Å²) >= 11 is 6.32. The molecule has 0 aliphatic heterocycles. The normalized spacial score (nSPS) is 12.0. The Kier molecular flexibility index (Phi) is 6.48. The smallest absolute Gasteiger partial charge is 0.320 e. The number of hydrogen-bond acceptors (Lipinski definition) is 5. The lowest BCUT2D eigenvalue weighted by Gasteiger charge is -2.16.